The lowest BCUT2D eigenvalue weighted by molar-refractivity contribution is -0.145. The molecule has 0 spiro atoms. The molecule has 0 heterocycles. The van der Waals surface area contributed by atoms with Gasteiger partial charge >= 0.3 is 11.9 Å². The average Bonchev–Trinajstić information content (AvgIpc) is 2.98. The van der Waals surface area contributed by atoms with Crippen molar-refractivity contribution in [3.05, 3.63) is 48.5 Å². The van der Waals surface area contributed by atoms with Gasteiger partial charge in [-0.1, -0.05) is 0 Å². The molecule has 220 valence electrons. The summed E-state index contributed by atoms with van der Waals surface area (Å²) in [6, 6.07) is 14.3. The first kappa shape index (κ1) is 32.5. The van der Waals surface area contributed by atoms with Gasteiger partial charge in [0, 0.05) is 35.9 Å². The van der Waals surface area contributed by atoms with Crippen molar-refractivity contribution in [1.82, 2.24) is 0 Å². The fourth-order valence-electron chi connectivity index (χ4n) is 4.10. The monoisotopic (exact) mass is 608 g/mol. The molecule has 1 aliphatic rings. The molecule has 1 fully saturated rings. The van der Waals surface area contributed by atoms with Gasteiger partial charge in [0.25, 0.3) is 0 Å². The number of rotatable bonds is 18. The number of methoxy groups -OCH3 is 1. The minimum Gasteiger partial charge on any atom is -0.493 e. The van der Waals surface area contributed by atoms with E-state index in [0.717, 1.165) is 46.9 Å². The summed E-state index contributed by atoms with van der Waals surface area (Å²) in [6.07, 6.45) is 4.51. The van der Waals surface area contributed by atoms with Gasteiger partial charge in [-0.3, -0.25) is 9.59 Å². The standard InChI is InChI=1S/C30H40O7S3/c1-33-15-18-39-19-16-34-25-7-11-27(12-8-25)36-29(31)23-3-5-24(6-4-23)30(32)37-28-13-9-26(10-14-28)35-17-20-40-22-21-38-2/h7-14,23-24H,3-6,15-22H2,1-2H3. The van der Waals surface area contributed by atoms with Crippen LogP contribution in [-0.2, 0) is 14.3 Å². The number of thioether (sulfide) groups is 3. The van der Waals surface area contributed by atoms with E-state index in [9.17, 15) is 9.59 Å². The highest BCUT2D eigenvalue weighted by Gasteiger charge is 2.32. The molecule has 2 aromatic carbocycles. The zero-order valence-corrected chi connectivity index (χ0v) is 25.8. The zero-order valence-electron chi connectivity index (χ0n) is 23.3. The average molecular weight is 609 g/mol. The molecule has 7 nitrogen and oxygen atoms in total. The second kappa shape index (κ2) is 19.2. The van der Waals surface area contributed by atoms with Crippen LogP contribution in [0.25, 0.3) is 0 Å². The minimum absolute atomic E-state index is 0.220. The van der Waals surface area contributed by atoms with E-state index in [1.165, 1.54) is 0 Å². The lowest BCUT2D eigenvalue weighted by Crippen LogP contribution is -2.30. The van der Waals surface area contributed by atoms with Crippen molar-refractivity contribution in [2.24, 2.45) is 11.8 Å². The van der Waals surface area contributed by atoms with Gasteiger partial charge in [-0.05, 0) is 80.5 Å². The van der Waals surface area contributed by atoms with Crippen molar-refractivity contribution in [3.8, 4) is 23.0 Å². The molecule has 1 aliphatic carbocycles. The van der Waals surface area contributed by atoms with E-state index < -0.39 is 0 Å². The van der Waals surface area contributed by atoms with Gasteiger partial charge in [0.2, 0.25) is 0 Å². The Morgan fingerprint density at radius 2 is 1.02 bits per heavy atom. The lowest BCUT2D eigenvalue weighted by atomic mass is 9.82. The van der Waals surface area contributed by atoms with Crippen molar-refractivity contribution in [1.29, 1.82) is 0 Å². The zero-order chi connectivity index (χ0) is 28.4. The maximum Gasteiger partial charge on any atom is 0.314 e. The molecule has 0 amide bonds. The minimum atomic E-state index is -0.256. The number of carbonyl (C=O) groups is 2. The second-order valence-corrected chi connectivity index (χ2v) is 12.7. The predicted molar refractivity (Wildman–Crippen MR) is 165 cm³/mol. The summed E-state index contributed by atoms with van der Waals surface area (Å²) in [5, 5.41) is 0. The molecule has 0 atom stereocenters. The predicted octanol–water partition coefficient (Wildman–Crippen LogP) is 6.24. The third kappa shape index (κ3) is 12.2. The first-order valence-electron chi connectivity index (χ1n) is 13.6. The van der Waals surface area contributed by atoms with Crippen molar-refractivity contribution in [2.45, 2.75) is 25.7 Å². The van der Waals surface area contributed by atoms with E-state index in [2.05, 4.69) is 6.26 Å². The van der Waals surface area contributed by atoms with Crippen molar-refractivity contribution in [3.63, 3.8) is 0 Å². The van der Waals surface area contributed by atoms with E-state index >= 15 is 0 Å². The van der Waals surface area contributed by atoms with E-state index in [4.69, 9.17) is 23.7 Å². The van der Waals surface area contributed by atoms with Crippen LogP contribution in [0.15, 0.2) is 48.5 Å². The summed E-state index contributed by atoms with van der Waals surface area (Å²) in [7, 11) is 1.70. The van der Waals surface area contributed by atoms with E-state index in [1.54, 1.807) is 55.3 Å². The number of hydrogen-bond acceptors (Lipinski definition) is 10. The van der Waals surface area contributed by atoms with Crippen LogP contribution in [0.2, 0.25) is 0 Å². The molecule has 2 aromatic rings. The summed E-state index contributed by atoms with van der Waals surface area (Å²) in [5.41, 5.74) is 0. The van der Waals surface area contributed by atoms with Crippen LogP contribution in [0.4, 0.5) is 0 Å². The first-order chi connectivity index (χ1) is 19.6. The number of hydrogen-bond donors (Lipinski definition) is 0. The molecule has 40 heavy (non-hydrogen) atoms. The SMILES string of the molecule is COCCSCCOc1ccc(OC(=O)C2CCC(C(=O)Oc3ccc(OCCSCCSC)cc3)CC2)cc1. The van der Waals surface area contributed by atoms with Gasteiger partial charge in [-0.2, -0.15) is 35.3 Å². The normalized spacial score (nSPS) is 16.8. The van der Waals surface area contributed by atoms with Gasteiger partial charge in [-0.15, -0.1) is 0 Å². The molecule has 10 heteroatoms. The molecule has 1 saturated carbocycles. The molecular formula is C30H40O7S3. The summed E-state index contributed by atoms with van der Waals surface area (Å²) < 4.78 is 27.7. The van der Waals surface area contributed by atoms with E-state index in [0.29, 0.717) is 50.4 Å². The van der Waals surface area contributed by atoms with Gasteiger partial charge in [0.1, 0.15) is 23.0 Å². The molecule has 0 unspecified atom stereocenters. The summed E-state index contributed by atoms with van der Waals surface area (Å²) >= 11 is 5.50. The largest absolute Gasteiger partial charge is 0.493 e. The summed E-state index contributed by atoms with van der Waals surface area (Å²) in [6.45, 7) is 2.00. The fraction of sp³-hybridized carbons (Fsp3) is 0.533. The quantitative estimate of drug-likeness (QED) is 0.110. The Morgan fingerprint density at radius 1 is 0.625 bits per heavy atom. The van der Waals surface area contributed by atoms with Crippen molar-refractivity contribution >= 4 is 47.2 Å². The summed E-state index contributed by atoms with van der Waals surface area (Å²) in [5.74, 6) is 6.61. The molecule has 0 N–H and O–H groups in total. The molecule has 0 aliphatic heterocycles. The van der Waals surface area contributed by atoms with Gasteiger partial charge in [-0.25, -0.2) is 0 Å². The molecule has 0 bridgehead atoms. The van der Waals surface area contributed by atoms with Crippen LogP contribution < -0.4 is 18.9 Å². The van der Waals surface area contributed by atoms with E-state index in [1.807, 2.05) is 35.7 Å². The Morgan fingerprint density at radius 3 is 1.45 bits per heavy atom. The molecule has 0 aromatic heterocycles. The highest BCUT2D eigenvalue weighted by Crippen LogP contribution is 2.32. The Kier molecular flexibility index (Phi) is 15.6. The molecule has 3 rings (SSSR count). The Hall–Kier alpha value is -2.01. The number of benzene rings is 2. The third-order valence-corrected chi connectivity index (χ3v) is 9.06. The van der Waals surface area contributed by atoms with Crippen LogP contribution in [-0.4, -0.2) is 73.9 Å². The van der Waals surface area contributed by atoms with Crippen LogP contribution in [0.3, 0.4) is 0 Å². The number of carbonyl (C=O) groups excluding carboxylic acids is 2. The number of ether oxygens (including phenoxy) is 5. The molecule has 0 radical (unpaired) electrons. The second-order valence-electron chi connectivity index (χ2n) is 9.24. The third-order valence-electron chi connectivity index (χ3n) is 6.33. The fourth-order valence-corrected chi connectivity index (χ4v) is 6.33. The first-order valence-corrected chi connectivity index (χ1v) is 17.3. The lowest BCUT2D eigenvalue weighted by Gasteiger charge is -2.25. The van der Waals surface area contributed by atoms with Gasteiger partial charge in [0.15, 0.2) is 0 Å². The van der Waals surface area contributed by atoms with Gasteiger partial charge in [0.05, 0.1) is 31.7 Å². The van der Waals surface area contributed by atoms with Crippen molar-refractivity contribution in [2.75, 3.05) is 62.0 Å². The van der Waals surface area contributed by atoms with Gasteiger partial charge < -0.3 is 23.7 Å². The van der Waals surface area contributed by atoms with Crippen molar-refractivity contribution < 1.29 is 33.3 Å². The topological polar surface area (TPSA) is 80.3 Å². The molecule has 0 saturated heterocycles. The highest BCUT2D eigenvalue weighted by atomic mass is 32.2. The molecular weight excluding hydrogens is 569 g/mol. The van der Waals surface area contributed by atoms with Crippen LogP contribution in [0, 0.1) is 11.8 Å². The Bertz CT molecular complexity index is 912. The smallest absolute Gasteiger partial charge is 0.314 e. The van der Waals surface area contributed by atoms with E-state index in [-0.39, 0.29) is 23.8 Å². The Balaban J connectivity index is 1.32. The Labute approximate surface area is 250 Å². The maximum absolute atomic E-state index is 12.7. The van der Waals surface area contributed by atoms with Crippen LogP contribution in [0.5, 0.6) is 23.0 Å². The van der Waals surface area contributed by atoms with Crippen LogP contribution >= 0.6 is 35.3 Å². The summed E-state index contributed by atoms with van der Waals surface area (Å²) in [4.78, 5) is 25.4. The van der Waals surface area contributed by atoms with Crippen LogP contribution in [0.1, 0.15) is 25.7 Å². The number of esters is 2. The highest BCUT2D eigenvalue weighted by molar-refractivity contribution is 8.02. The maximum atomic E-state index is 12.7.